The largest absolute Gasteiger partial charge is 0.495 e. The van der Waals surface area contributed by atoms with Crippen molar-refractivity contribution in [3.8, 4) is 5.75 Å². The lowest BCUT2D eigenvalue weighted by Crippen LogP contribution is -2.12. The van der Waals surface area contributed by atoms with E-state index >= 15 is 0 Å². The number of anilines is 1. The maximum absolute atomic E-state index is 12.2. The van der Waals surface area contributed by atoms with Gasteiger partial charge in [-0.15, -0.1) is 0 Å². The molecule has 0 unspecified atom stereocenters. The normalized spacial score (nSPS) is 10.2. The van der Waals surface area contributed by atoms with Crippen LogP contribution in [0.15, 0.2) is 40.9 Å². The summed E-state index contributed by atoms with van der Waals surface area (Å²) in [6.45, 7) is 0. The van der Waals surface area contributed by atoms with Gasteiger partial charge in [-0.3, -0.25) is 4.79 Å². The molecule has 1 N–H and O–H groups in total. The Hall–Kier alpha value is -1.23. The summed E-state index contributed by atoms with van der Waals surface area (Å²) in [7, 11) is 1.53. The van der Waals surface area contributed by atoms with Gasteiger partial charge in [0, 0.05) is 10.2 Å². The van der Waals surface area contributed by atoms with Crippen molar-refractivity contribution in [3.05, 3.63) is 56.5 Å². The van der Waals surface area contributed by atoms with Gasteiger partial charge < -0.3 is 10.1 Å². The molecule has 20 heavy (non-hydrogen) atoms. The number of carbonyl (C=O) groups is 1. The fourth-order valence-electron chi connectivity index (χ4n) is 1.62. The first-order valence-corrected chi connectivity index (χ1v) is 7.16. The van der Waals surface area contributed by atoms with Gasteiger partial charge in [-0.05, 0) is 46.3 Å². The quantitative estimate of drug-likeness (QED) is 0.819. The van der Waals surface area contributed by atoms with Crippen molar-refractivity contribution in [3.63, 3.8) is 0 Å². The molecule has 0 fully saturated rings. The third-order valence-corrected chi connectivity index (χ3v) is 4.20. The summed E-state index contributed by atoms with van der Waals surface area (Å²) in [6.07, 6.45) is 0. The van der Waals surface area contributed by atoms with Crippen LogP contribution >= 0.6 is 39.1 Å². The molecule has 0 spiro atoms. The number of hydrogen-bond donors (Lipinski definition) is 1. The van der Waals surface area contributed by atoms with Gasteiger partial charge in [0.25, 0.3) is 5.91 Å². The lowest BCUT2D eigenvalue weighted by molar-refractivity contribution is 0.102. The van der Waals surface area contributed by atoms with Gasteiger partial charge >= 0.3 is 0 Å². The molecule has 0 aliphatic carbocycles. The second-order valence-corrected chi connectivity index (χ2v) is 5.54. The van der Waals surface area contributed by atoms with Gasteiger partial charge in [-0.2, -0.15) is 0 Å². The monoisotopic (exact) mass is 373 g/mol. The van der Waals surface area contributed by atoms with Crippen molar-refractivity contribution in [2.45, 2.75) is 0 Å². The molecular weight excluding hydrogens is 365 g/mol. The van der Waals surface area contributed by atoms with E-state index in [4.69, 9.17) is 27.9 Å². The van der Waals surface area contributed by atoms with E-state index in [2.05, 4.69) is 21.2 Å². The molecule has 0 bridgehead atoms. The first-order chi connectivity index (χ1) is 9.52. The molecule has 104 valence electrons. The van der Waals surface area contributed by atoms with Gasteiger partial charge in [-0.25, -0.2) is 0 Å². The molecule has 2 aromatic rings. The molecule has 0 radical (unpaired) electrons. The molecule has 2 rings (SSSR count). The average Bonchev–Trinajstić information content (AvgIpc) is 2.42. The van der Waals surface area contributed by atoms with Crippen molar-refractivity contribution in [1.82, 2.24) is 0 Å². The standard InChI is InChI=1S/C14H10BrCl2NO2/c1-20-12-6-5-8(7-11(12)16)18-14(19)9-3-2-4-10(15)13(9)17/h2-7H,1H3,(H,18,19). The summed E-state index contributed by atoms with van der Waals surface area (Å²) in [5.74, 6) is 0.239. The summed E-state index contributed by atoms with van der Waals surface area (Å²) in [4.78, 5) is 12.2. The molecule has 2 aromatic carbocycles. The predicted molar refractivity (Wildman–Crippen MR) is 85.1 cm³/mol. The maximum atomic E-state index is 12.2. The molecule has 0 aliphatic heterocycles. The Kier molecular flexibility index (Phi) is 4.91. The Labute approximate surface area is 135 Å². The topological polar surface area (TPSA) is 38.3 Å². The fourth-order valence-corrected chi connectivity index (χ4v) is 2.46. The lowest BCUT2D eigenvalue weighted by atomic mass is 10.2. The minimum Gasteiger partial charge on any atom is -0.495 e. The molecule has 6 heteroatoms. The Morgan fingerprint density at radius 2 is 2.00 bits per heavy atom. The number of hydrogen-bond acceptors (Lipinski definition) is 2. The fraction of sp³-hybridized carbons (Fsp3) is 0.0714. The summed E-state index contributed by atoms with van der Waals surface area (Å²) >= 11 is 15.4. The van der Waals surface area contributed by atoms with Gasteiger partial charge in [0.05, 0.1) is 22.7 Å². The molecule has 0 heterocycles. The Bertz CT molecular complexity index is 662. The van der Waals surface area contributed by atoms with Crippen LogP contribution in [-0.4, -0.2) is 13.0 Å². The SMILES string of the molecule is COc1ccc(NC(=O)c2cccc(Br)c2Cl)cc1Cl. The van der Waals surface area contributed by atoms with E-state index in [1.54, 1.807) is 36.4 Å². The van der Waals surface area contributed by atoms with Gasteiger partial charge in [0.15, 0.2) is 0 Å². The van der Waals surface area contributed by atoms with Crippen LogP contribution in [0.3, 0.4) is 0 Å². The Balaban J connectivity index is 2.24. The lowest BCUT2D eigenvalue weighted by Gasteiger charge is -2.09. The second kappa shape index (κ2) is 6.48. The van der Waals surface area contributed by atoms with Crippen molar-refractivity contribution in [2.24, 2.45) is 0 Å². The van der Waals surface area contributed by atoms with Crippen molar-refractivity contribution in [1.29, 1.82) is 0 Å². The van der Waals surface area contributed by atoms with Gasteiger partial charge in [-0.1, -0.05) is 29.3 Å². The van der Waals surface area contributed by atoms with Crippen molar-refractivity contribution in [2.75, 3.05) is 12.4 Å². The third kappa shape index (κ3) is 3.26. The number of ether oxygens (including phenoxy) is 1. The van der Waals surface area contributed by atoms with Crippen LogP contribution in [-0.2, 0) is 0 Å². The Morgan fingerprint density at radius 3 is 2.65 bits per heavy atom. The highest BCUT2D eigenvalue weighted by Crippen LogP contribution is 2.29. The van der Waals surface area contributed by atoms with Gasteiger partial charge in [0.2, 0.25) is 0 Å². The number of methoxy groups -OCH3 is 1. The Morgan fingerprint density at radius 1 is 1.25 bits per heavy atom. The van der Waals surface area contributed by atoms with Crippen LogP contribution in [0, 0.1) is 0 Å². The summed E-state index contributed by atoms with van der Waals surface area (Å²) < 4.78 is 5.72. The molecule has 0 saturated heterocycles. The first-order valence-electron chi connectivity index (χ1n) is 5.62. The van der Waals surface area contributed by atoms with Crippen LogP contribution in [0.25, 0.3) is 0 Å². The van der Waals surface area contributed by atoms with Crippen LogP contribution in [0.4, 0.5) is 5.69 Å². The van der Waals surface area contributed by atoms with Gasteiger partial charge in [0.1, 0.15) is 5.75 Å². The number of rotatable bonds is 3. The van der Waals surface area contributed by atoms with E-state index in [-0.39, 0.29) is 5.91 Å². The summed E-state index contributed by atoms with van der Waals surface area (Å²) in [5, 5.41) is 3.52. The molecule has 0 atom stereocenters. The zero-order valence-corrected chi connectivity index (χ0v) is 13.5. The molecule has 1 amide bonds. The van der Waals surface area contributed by atoms with E-state index in [9.17, 15) is 4.79 Å². The van der Waals surface area contributed by atoms with Crippen LogP contribution in [0.2, 0.25) is 10.0 Å². The summed E-state index contributed by atoms with van der Waals surface area (Å²) in [5.41, 5.74) is 0.949. The maximum Gasteiger partial charge on any atom is 0.257 e. The van der Waals surface area contributed by atoms with Crippen LogP contribution < -0.4 is 10.1 Å². The van der Waals surface area contributed by atoms with E-state index in [0.29, 0.717) is 31.5 Å². The minimum absolute atomic E-state index is 0.308. The molecule has 0 aliphatic rings. The minimum atomic E-state index is -0.308. The number of amides is 1. The highest BCUT2D eigenvalue weighted by molar-refractivity contribution is 9.10. The zero-order valence-electron chi connectivity index (χ0n) is 10.4. The molecule has 3 nitrogen and oxygen atoms in total. The van der Waals surface area contributed by atoms with Crippen LogP contribution in [0.1, 0.15) is 10.4 Å². The highest BCUT2D eigenvalue weighted by atomic mass is 79.9. The van der Waals surface area contributed by atoms with Crippen LogP contribution in [0.5, 0.6) is 5.75 Å². The van der Waals surface area contributed by atoms with E-state index in [0.717, 1.165) is 0 Å². The predicted octanol–water partition coefficient (Wildman–Crippen LogP) is 5.02. The van der Waals surface area contributed by atoms with E-state index < -0.39 is 0 Å². The second-order valence-electron chi connectivity index (χ2n) is 3.90. The van der Waals surface area contributed by atoms with E-state index in [1.807, 2.05) is 0 Å². The third-order valence-electron chi connectivity index (χ3n) is 2.61. The van der Waals surface area contributed by atoms with Crippen molar-refractivity contribution >= 4 is 50.7 Å². The smallest absolute Gasteiger partial charge is 0.257 e. The number of carbonyl (C=O) groups excluding carboxylic acids is 1. The summed E-state index contributed by atoms with van der Waals surface area (Å²) in [6, 6.07) is 10.2. The number of halogens is 3. The molecule has 0 saturated carbocycles. The van der Waals surface area contributed by atoms with Crippen molar-refractivity contribution < 1.29 is 9.53 Å². The highest BCUT2D eigenvalue weighted by Gasteiger charge is 2.13. The molecular formula is C14H10BrCl2NO2. The number of benzene rings is 2. The first kappa shape index (κ1) is 15.2. The van der Waals surface area contributed by atoms with E-state index in [1.165, 1.54) is 7.11 Å². The average molecular weight is 375 g/mol. The molecule has 0 aromatic heterocycles. The number of nitrogens with one attached hydrogen (secondary N) is 1. The zero-order chi connectivity index (χ0) is 14.7.